The number of rotatable bonds is 7. The van der Waals surface area contributed by atoms with E-state index in [9.17, 15) is 0 Å². The van der Waals surface area contributed by atoms with Gasteiger partial charge in [-0.05, 0) is 25.1 Å². The summed E-state index contributed by atoms with van der Waals surface area (Å²) in [7, 11) is 0. The van der Waals surface area contributed by atoms with E-state index in [-0.39, 0.29) is 6.61 Å². The molecule has 2 aromatic heterocycles. The summed E-state index contributed by atoms with van der Waals surface area (Å²) in [5, 5.41) is 18.7. The van der Waals surface area contributed by atoms with Crippen LogP contribution in [0.3, 0.4) is 0 Å². The summed E-state index contributed by atoms with van der Waals surface area (Å²) in [4.78, 5) is 4.05. The minimum absolute atomic E-state index is 0.0501. The molecule has 0 fully saturated rings. The molecule has 92 valence electrons. The number of aliphatic hydroxyl groups is 1. The normalized spacial score (nSPS) is 10.9. The van der Waals surface area contributed by atoms with Gasteiger partial charge in [-0.1, -0.05) is 0 Å². The standard InChI is InChI=1S/C11H16N4O2/c16-7-10-4-3-9(17-10)6-12-5-1-2-11-13-8-14-15-11/h3-4,8,12,16H,1-2,5-7H2,(H,13,14,15). The molecule has 0 aliphatic rings. The van der Waals surface area contributed by atoms with Crippen molar-refractivity contribution in [1.29, 1.82) is 0 Å². The lowest BCUT2D eigenvalue weighted by atomic mass is 10.3. The van der Waals surface area contributed by atoms with Crippen molar-refractivity contribution in [2.24, 2.45) is 0 Å². The fourth-order valence-corrected chi connectivity index (χ4v) is 1.55. The molecule has 2 aromatic rings. The molecule has 0 saturated heterocycles. The third kappa shape index (κ3) is 3.69. The lowest BCUT2D eigenvalue weighted by molar-refractivity contribution is 0.243. The molecule has 6 heteroatoms. The first-order valence-electron chi connectivity index (χ1n) is 5.62. The number of furan rings is 1. The second-order valence-electron chi connectivity index (χ2n) is 3.74. The van der Waals surface area contributed by atoms with Gasteiger partial charge in [0, 0.05) is 6.42 Å². The Balaban J connectivity index is 1.60. The molecular weight excluding hydrogens is 220 g/mol. The summed E-state index contributed by atoms with van der Waals surface area (Å²) in [6.45, 7) is 1.51. The molecule has 17 heavy (non-hydrogen) atoms. The van der Waals surface area contributed by atoms with Crippen molar-refractivity contribution in [3.05, 3.63) is 35.8 Å². The molecule has 0 bridgehead atoms. The third-order valence-corrected chi connectivity index (χ3v) is 2.40. The van der Waals surface area contributed by atoms with E-state index >= 15 is 0 Å². The molecule has 0 aromatic carbocycles. The molecule has 0 radical (unpaired) electrons. The number of H-pyrrole nitrogens is 1. The Morgan fingerprint density at radius 3 is 2.94 bits per heavy atom. The number of hydrogen-bond donors (Lipinski definition) is 3. The second-order valence-corrected chi connectivity index (χ2v) is 3.74. The van der Waals surface area contributed by atoms with Crippen LogP contribution in [0.1, 0.15) is 23.8 Å². The average molecular weight is 236 g/mol. The predicted octanol–water partition coefficient (Wildman–Crippen LogP) is 0.612. The lowest BCUT2D eigenvalue weighted by Gasteiger charge is -2.01. The quantitative estimate of drug-likeness (QED) is 0.613. The monoisotopic (exact) mass is 236 g/mol. The first kappa shape index (κ1) is 11.8. The van der Waals surface area contributed by atoms with Crippen LogP contribution in [0, 0.1) is 0 Å². The van der Waals surface area contributed by atoms with Crippen molar-refractivity contribution in [2.45, 2.75) is 26.0 Å². The van der Waals surface area contributed by atoms with Crippen LogP contribution in [-0.4, -0.2) is 26.8 Å². The SMILES string of the molecule is OCc1ccc(CNCCCc2ncn[nH]2)o1. The largest absolute Gasteiger partial charge is 0.462 e. The number of aliphatic hydroxyl groups excluding tert-OH is 1. The van der Waals surface area contributed by atoms with Gasteiger partial charge in [0.25, 0.3) is 0 Å². The van der Waals surface area contributed by atoms with E-state index in [1.807, 2.05) is 6.07 Å². The maximum atomic E-state index is 8.84. The van der Waals surface area contributed by atoms with Crippen molar-refractivity contribution in [3.63, 3.8) is 0 Å². The molecule has 0 atom stereocenters. The number of nitrogens with one attached hydrogen (secondary N) is 2. The fourth-order valence-electron chi connectivity index (χ4n) is 1.55. The average Bonchev–Trinajstić information content (AvgIpc) is 2.99. The Kier molecular flexibility index (Phi) is 4.29. The van der Waals surface area contributed by atoms with Gasteiger partial charge < -0.3 is 14.8 Å². The van der Waals surface area contributed by atoms with Crippen molar-refractivity contribution in [1.82, 2.24) is 20.5 Å². The van der Waals surface area contributed by atoms with Crippen LogP contribution in [0.25, 0.3) is 0 Å². The number of aryl methyl sites for hydroxylation is 1. The van der Waals surface area contributed by atoms with Gasteiger partial charge in [-0.25, -0.2) is 4.98 Å². The first-order chi connectivity index (χ1) is 8.38. The highest BCUT2D eigenvalue weighted by atomic mass is 16.4. The zero-order chi connectivity index (χ0) is 11.9. The van der Waals surface area contributed by atoms with E-state index < -0.39 is 0 Å². The van der Waals surface area contributed by atoms with Crippen molar-refractivity contribution < 1.29 is 9.52 Å². The van der Waals surface area contributed by atoms with Crippen LogP contribution in [0.2, 0.25) is 0 Å². The second kappa shape index (κ2) is 6.17. The third-order valence-electron chi connectivity index (χ3n) is 2.40. The number of aromatic nitrogens is 3. The predicted molar refractivity (Wildman–Crippen MR) is 61.0 cm³/mol. The highest BCUT2D eigenvalue weighted by molar-refractivity contribution is 5.05. The number of aromatic amines is 1. The summed E-state index contributed by atoms with van der Waals surface area (Å²) in [5.41, 5.74) is 0. The van der Waals surface area contributed by atoms with E-state index in [4.69, 9.17) is 9.52 Å². The van der Waals surface area contributed by atoms with Crippen LogP contribution in [-0.2, 0) is 19.6 Å². The van der Waals surface area contributed by atoms with Gasteiger partial charge in [-0.15, -0.1) is 0 Å². The lowest BCUT2D eigenvalue weighted by Crippen LogP contribution is -2.15. The van der Waals surface area contributed by atoms with Gasteiger partial charge in [-0.3, -0.25) is 5.10 Å². The van der Waals surface area contributed by atoms with Crippen LogP contribution < -0.4 is 5.32 Å². The molecule has 0 saturated carbocycles. The fraction of sp³-hybridized carbons (Fsp3) is 0.455. The van der Waals surface area contributed by atoms with Crippen molar-refractivity contribution in [3.8, 4) is 0 Å². The van der Waals surface area contributed by atoms with Gasteiger partial charge >= 0.3 is 0 Å². The van der Waals surface area contributed by atoms with Crippen LogP contribution >= 0.6 is 0 Å². The Morgan fingerprint density at radius 1 is 1.35 bits per heavy atom. The summed E-state index contributed by atoms with van der Waals surface area (Å²) in [6.07, 6.45) is 3.39. The summed E-state index contributed by atoms with van der Waals surface area (Å²) in [5.74, 6) is 2.35. The Bertz CT molecular complexity index is 424. The molecule has 3 N–H and O–H groups in total. The molecule has 2 heterocycles. The molecule has 0 aliphatic carbocycles. The molecule has 0 aliphatic heterocycles. The van der Waals surface area contributed by atoms with Crippen LogP contribution in [0.5, 0.6) is 0 Å². The minimum Gasteiger partial charge on any atom is -0.462 e. The molecule has 0 unspecified atom stereocenters. The maximum Gasteiger partial charge on any atom is 0.137 e. The number of hydrogen-bond acceptors (Lipinski definition) is 5. The van der Waals surface area contributed by atoms with Crippen LogP contribution in [0.15, 0.2) is 22.9 Å². The molecule has 0 spiro atoms. The van der Waals surface area contributed by atoms with Crippen LogP contribution in [0.4, 0.5) is 0 Å². The summed E-state index contributed by atoms with van der Waals surface area (Å²) >= 11 is 0. The maximum absolute atomic E-state index is 8.84. The first-order valence-corrected chi connectivity index (χ1v) is 5.62. The van der Waals surface area contributed by atoms with E-state index in [0.29, 0.717) is 12.3 Å². The van der Waals surface area contributed by atoms with Gasteiger partial charge in [-0.2, -0.15) is 5.10 Å². The van der Waals surface area contributed by atoms with E-state index in [2.05, 4.69) is 20.5 Å². The zero-order valence-electron chi connectivity index (χ0n) is 9.52. The summed E-state index contributed by atoms with van der Waals surface area (Å²) < 4.78 is 5.34. The van der Waals surface area contributed by atoms with Gasteiger partial charge in [0.15, 0.2) is 0 Å². The highest BCUT2D eigenvalue weighted by Crippen LogP contribution is 2.06. The van der Waals surface area contributed by atoms with E-state index in [1.54, 1.807) is 6.07 Å². The van der Waals surface area contributed by atoms with E-state index in [1.165, 1.54) is 6.33 Å². The zero-order valence-corrected chi connectivity index (χ0v) is 9.52. The van der Waals surface area contributed by atoms with E-state index in [0.717, 1.165) is 31.0 Å². The van der Waals surface area contributed by atoms with Crippen molar-refractivity contribution >= 4 is 0 Å². The Labute approximate surface area is 99.1 Å². The summed E-state index contributed by atoms with van der Waals surface area (Å²) in [6, 6.07) is 3.65. The Morgan fingerprint density at radius 2 is 2.24 bits per heavy atom. The number of nitrogens with zero attached hydrogens (tertiary/aromatic N) is 2. The molecular formula is C11H16N4O2. The van der Waals surface area contributed by atoms with Crippen molar-refractivity contribution in [2.75, 3.05) is 6.54 Å². The Hall–Kier alpha value is -1.66. The topological polar surface area (TPSA) is 87.0 Å². The molecule has 2 rings (SSSR count). The van der Waals surface area contributed by atoms with Gasteiger partial charge in [0.2, 0.25) is 0 Å². The molecule has 6 nitrogen and oxygen atoms in total. The van der Waals surface area contributed by atoms with Gasteiger partial charge in [0.05, 0.1) is 6.54 Å². The molecule has 0 amide bonds. The van der Waals surface area contributed by atoms with Gasteiger partial charge in [0.1, 0.15) is 30.3 Å². The minimum atomic E-state index is -0.0501. The highest BCUT2D eigenvalue weighted by Gasteiger charge is 2.00. The smallest absolute Gasteiger partial charge is 0.137 e.